The molecule has 1 aromatic carbocycles. The average Bonchev–Trinajstić information content (AvgIpc) is 2.25. The molecule has 3 N–H and O–H groups in total. The second-order valence-electron chi connectivity index (χ2n) is 6.16. The van der Waals surface area contributed by atoms with E-state index in [0.29, 0.717) is 6.54 Å². The number of amides is 1. The third-order valence-electron chi connectivity index (χ3n) is 3.05. The van der Waals surface area contributed by atoms with E-state index in [-0.39, 0.29) is 11.4 Å². The quantitative estimate of drug-likeness (QED) is 0.857. The molecule has 3 heteroatoms. The van der Waals surface area contributed by atoms with Gasteiger partial charge in [0.25, 0.3) is 0 Å². The molecule has 0 unspecified atom stereocenters. The molecule has 0 saturated carbocycles. The van der Waals surface area contributed by atoms with Crippen molar-refractivity contribution < 1.29 is 4.79 Å². The van der Waals surface area contributed by atoms with Crippen LogP contribution >= 0.6 is 0 Å². The van der Waals surface area contributed by atoms with Crippen LogP contribution in [0.15, 0.2) is 24.3 Å². The molecule has 0 saturated heterocycles. The number of hydrogen-bond acceptors (Lipinski definition) is 2. The van der Waals surface area contributed by atoms with E-state index in [9.17, 15) is 4.79 Å². The van der Waals surface area contributed by atoms with Crippen LogP contribution in [-0.2, 0) is 10.2 Å². The van der Waals surface area contributed by atoms with Gasteiger partial charge >= 0.3 is 0 Å². The zero-order chi connectivity index (χ0) is 14.0. The topological polar surface area (TPSA) is 55.1 Å². The van der Waals surface area contributed by atoms with Crippen LogP contribution in [0.3, 0.4) is 0 Å². The standard InChI is InChI=1S/C15H24N2O/c1-11-6-8-12(9-7-11)15(4,5)13(18)17-10-14(2,3)16/h6-9H,10,16H2,1-5H3,(H,17,18). The summed E-state index contributed by atoms with van der Waals surface area (Å²) in [6, 6.07) is 8.06. The number of nitrogens with one attached hydrogen (secondary N) is 1. The van der Waals surface area contributed by atoms with Crippen LogP contribution < -0.4 is 11.1 Å². The highest BCUT2D eigenvalue weighted by Gasteiger charge is 2.30. The maximum atomic E-state index is 12.2. The lowest BCUT2D eigenvalue weighted by Crippen LogP contribution is -2.49. The van der Waals surface area contributed by atoms with E-state index in [4.69, 9.17) is 5.73 Å². The van der Waals surface area contributed by atoms with Gasteiger partial charge in [0, 0.05) is 12.1 Å². The first-order chi connectivity index (χ1) is 8.13. The van der Waals surface area contributed by atoms with E-state index in [0.717, 1.165) is 5.56 Å². The Hall–Kier alpha value is -1.35. The Kier molecular flexibility index (Phi) is 4.17. The van der Waals surface area contributed by atoms with Gasteiger partial charge in [0.15, 0.2) is 0 Å². The van der Waals surface area contributed by atoms with Crippen molar-refractivity contribution in [3.05, 3.63) is 35.4 Å². The second kappa shape index (κ2) is 5.11. The van der Waals surface area contributed by atoms with Crippen molar-refractivity contribution >= 4 is 5.91 Å². The summed E-state index contributed by atoms with van der Waals surface area (Å²) >= 11 is 0. The molecule has 0 spiro atoms. The number of carbonyl (C=O) groups is 1. The minimum absolute atomic E-state index is 0.00452. The molecule has 0 aromatic heterocycles. The number of rotatable bonds is 4. The molecule has 1 aromatic rings. The van der Waals surface area contributed by atoms with E-state index in [1.807, 2.05) is 58.9 Å². The number of benzene rings is 1. The van der Waals surface area contributed by atoms with E-state index in [2.05, 4.69) is 5.32 Å². The maximum Gasteiger partial charge on any atom is 0.230 e. The van der Waals surface area contributed by atoms with Gasteiger partial charge in [-0.1, -0.05) is 29.8 Å². The van der Waals surface area contributed by atoms with Gasteiger partial charge in [0.05, 0.1) is 5.41 Å². The molecule has 1 amide bonds. The minimum atomic E-state index is -0.543. The Bertz CT molecular complexity index is 413. The zero-order valence-electron chi connectivity index (χ0n) is 12.0. The highest BCUT2D eigenvalue weighted by molar-refractivity contribution is 5.87. The van der Waals surface area contributed by atoms with Gasteiger partial charge in [0.1, 0.15) is 0 Å². The third kappa shape index (κ3) is 3.84. The van der Waals surface area contributed by atoms with Crippen molar-refractivity contribution in [3.8, 4) is 0 Å². The highest BCUT2D eigenvalue weighted by atomic mass is 16.2. The van der Waals surface area contributed by atoms with E-state index >= 15 is 0 Å². The van der Waals surface area contributed by atoms with Crippen LogP contribution in [-0.4, -0.2) is 18.0 Å². The zero-order valence-corrected chi connectivity index (χ0v) is 12.0. The molecule has 0 bridgehead atoms. The lowest BCUT2D eigenvalue weighted by molar-refractivity contribution is -0.125. The van der Waals surface area contributed by atoms with Crippen LogP contribution in [0.2, 0.25) is 0 Å². The Balaban J connectivity index is 2.79. The van der Waals surface area contributed by atoms with Gasteiger partial charge in [-0.25, -0.2) is 0 Å². The fourth-order valence-corrected chi connectivity index (χ4v) is 1.63. The van der Waals surface area contributed by atoms with Crippen molar-refractivity contribution in [3.63, 3.8) is 0 Å². The smallest absolute Gasteiger partial charge is 0.230 e. The van der Waals surface area contributed by atoms with E-state index in [1.165, 1.54) is 5.56 Å². The second-order valence-corrected chi connectivity index (χ2v) is 6.16. The molecule has 100 valence electrons. The molecule has 3 nitrogen and oxygen atoms in total. The molecule has 1 rings (SSSR count). The van der Waals surface area contributed by atoms with Crippen molar-refractivity contribution in [2.45, 2.75) is 45.6 Å². The predicted octanol–water partition coefficient (Wildman–Crippen LogP) is 2.13. The first-order valence-electron chi connectivity index (χ1n) is 6.27. The summed E-state index contributed by atoms with van der Waals surface area (Å²) in [5.74, 6) is 0.00452. The molecular weight excluding hydrogens is 224 g/mol. The van der Waals surface area contributed by atoms with Crippen LogP contribution in [0.25, 0.3) is 0 Å². The number of carbonyl (C=O) groups excluding carboxylic acids is 1. The van der Waals surface area contributed by atoms with Gasteiger partial charge in [-0.05, 0) is 40.2 Å². The summed E-state index contributed by atoms with van der Waals surface area (Å²) in [6.45, 7) is 10.2. The maximum absolute atomic E-state index is 12.2. The molecule has 0 aliphatic carbocycles. The summed E-state index contributed by atoms with van der Waals surface area (Å²) < 4.78 is 0. The Morgan fingerprint density at radius 1 is 1.17 bits per heavy atom. The lowest BCUT2D eigenvalue weighted by atomic mass is 9.83. The molecule has 0 aliphatic heterocycles. The van der Waals surface area contributed by atoms with E-state index in [1.54, 1.807) is 0 Å². The van der Waals surface area contributed by atoms with Gasteiger partial charge in [-0.3, -0.25) is 4.79 Å². The molecule has 18 heavy (non-hydrogen) atoms. The van der Waals surface area contributed by atoms with Crippen LogP contribution in [0, 0.1) is 6.92 Å². The van der Waals surface area contributed by atoms with Gasteiger partial charge in [-0.2, -0.15) is 0 Å². The SMILES string of the molecule is Cc1ccc(C(C)(C)C(=O)NCC(C)(C)N)cc1. The number of hydrogen-bond donors (Lipinski definition) is 2. The summed E-state index contributed by atoms with van der Waals surface area (Å²) in [5.41, 5.74) is 7.15. The molecule has 0 heterocycles. The summed E-state index contributed by atoms with van der Waals surface area (Å²) in [5, 5.41) is 2.91. The van der Waals surface area contributed by atoms with Crippen LogP contribution in [0.1, 0.15) is 38.8 Å². The molecule has 0 aliphatic rings. The van der Waals surface area contributed by atoms with E-state index < -0.39 is 5.41 Å². The fourth-order valence-electron chi connectivity index (χ4n) is 1.63. The van der Waals surface area contributed by atoms with Gasteiger partial charge < -0.3 is 11.1 Å². The number of aryl methyl sites for hydroxylation is 1. The first-order valence-corrected chi connectivity index (χ1v) is 6.27. The van der Waals surface area contributed by atoms with Gasteiger partial charge in [0.2, 0.25) is 5.91 Å². The third-order valence-corrected chi connectivity index (χ3v) is 3.05. The monoisotopic (exact) mass is 248 g/mol. The Morgan fingerprint density at radius 2 is 1.67 bits per heavy atom. The van der Waals surface area contributed by atoms with Crippen molar-refractivity contribution in [1.29, 1.82) is 0 Å². The number of nitrogens with two attached hydrogens (primary N) is 1. The fraction of sp³-hybridized carbons (Fsp3) is 0.533. The summed E-state index contributed by atoms with van der Waals surface area (Å²) in [4.78, 5) is 12.2. The van der Waals surface area contributed by atoms with Crippen molar-refractivity contribution in [1.82, 2.24) is 5.32 Å². The molecule has 0 radical (unpaired) electrons. The summed E-state index contributed by atoms with van der Waals surface area (Å²) in [7, 11) is 0. The molecular formula is C15H24N2O. The average molecular weight is 248 g/mol. The van der Waals surface area contributed by atoms with Crippen molar-refractivity contribution in [2.75, 3.05) is 6.54 Å². The highest BCUT2D eigenvalue weighted by Crippen LogP contribution is 2.23. The summed E-state index contributed by atoms with van der Waals surface area (Å²) in [6.07, 6.45) is 0. The molecule has 0 fully saturated rings. The normalized spacial score (nSPS) is 12.3. The largest absolute Gasteiger partial charge is 0.354 e. The Labute approximate surface area is 110 Å². The van der Waals surface area contributed by atoms with Gasteiger partial charge in [-0.15, -0.1) is 0 Å². The molecule has 0 atom stereocenters. The first kappa shape index (κ1) is 14.7. The predicted molar refractivity (Wildman–Crippen MR) is 75.5 cm³/mol. The van der Waals surface area contributed by atoms with Crippen molar-refractivity contribution in [2.24, 2.45) is 5.73 Å². The lowest BCUT2D eigenvalue weighted by Gasteiger charge is -2.27. The Morgan fingerprint density at radius 3 is 2.11 bits per heavy atom. The van der Waals surface area contributed by atoms with Crippen LogP contribution in [0.4, 0.5) is 0 Å². The minimum Gasteiger partial charge on any atom is -0.354 e. The van der Waals surface area contributed by atoms with Crippen LogP contribution in [0.5, 0.6) is 0 Å².